The molecule has 0 aliphatic rings. The van der Waals surface area contributed by atoms with E-state index in [9.17, 15) is 13.2 Å². The third-order valence-electron chi connectivity index (χ3n) is 3.28. The Balaban J connectivity index is 2.56. The fourth-order valence-corrected chi connectivity index (χ4v) is 3.99. The predicted molar refractivity (Wildman–Crippen MR) is 87.7 cm³/mol. The number of para-hydroxylation sites is 1. The number of hydrogen-bond donors (Lipinski definition) is 0. The number of sulfonamides is 1. The van der Waals surface area contributed by atoms with Crippen LogP contribution in [0.1, 0.15) is 31.1 Å². The molecule has 0 amide bonds. The third kappa shape index (κ3) is 3.20. The van der Waals surface area contributed by atoms with E-state index in [1.165, 1.54) is 23.4 Å². The smallest absolute Gasteiger partial charge is 0.264 e. The molecular formula is C17H19NO3S. The van der Waals surface area contributed by atoms with Gasteiger partial charge in [-0.3, -0.25) is 9.10 Å². The zero-order chi connectivity index (χ0) is 16.3. The van der Waals surface area contributed by atoms with Crippen LogP contribution >= 0.6 is 0 Å². The number of nitrogens with zero attached hydrogens (tertiary/aromatic N) is 1. The van der Waals surface area contributed by atoms with Gasteiger partial charge in [-0.1, -0.05) is 30.3 Å². The minimum Gasteiger partial charge on any atom is -0.295 e. The van der Waals surface area contributed by atoms with Gasteiger partial charge in [0.2, 0.25) is 0 Å². The molecule has 4 nitrogen and oxygen atoms in total. The number of anilines is 1. The Bertz CT molecular complexity index is 768. The lowest BCUT2D eigenvalue weighted by Gasteiger charge is -2.28. The molecule has 0 saturated heterocycles. The summed E-state index contributed by atoms with van der Waals surface area (Å²) in [7, 11) is -3.73. The van der Waals surface area contributed by atoms with Crippen molar-refractivity contribution in [1.82, 2.24) is 0 Å². The maximum Gasteiger partial charge on any atom is 0.264 e. The second-order valence-corrected chi connectivity index (χ2v) is 7.13. The highest BCUT2D eigenvalue weighted by Crippen LogP contribution is 2.26. The predicted octanol–water partition coefficient (Wildman–Crippen LogP) is 3.49. The average molecular weight is 317 g/mol. The molecule has 0 spiro atoms. The standard InChI is InChI=1S/C17H19NO3S/c1-13(2)18(16-9-5-4-6-10-16)22(20,21)17-11-7-8-15(12-17)14(3)19/h4-13H,1-3H3. The maximum atomic E-state index is 13.0. The summed E-state index contributed by atoms with van der Waals surface area (Å²) in [5.41, 5.74) is 0.989. The molecule has 0 atom stereocenters. The number of benzene rings is 2. The van der Waals surface area contributed by atoms with Crippen LogP contribution < -0.4 is 4.31 Å². The van der Waals surface area contributed by atoms with Crippen molar-refractivity contribution in [3.63, 3.8) is 0 Å². The summed E-state index contributed by atoms with van der Waals surface area (Å²) in [6, 6.07) is 14.9. The fourth-order valence-electron chi connectivity index (χ4n) is 2.28. The van der Waals surface area contributed by atoms with Gasteiger partial charge in [-0.2, -0.15) is 0 Å². The molecule has 0 radical (unpaired) electrons. The summed E-state index contributed by atoms with van der Waals surface area (Å²) in [5.74, 6) is -0.159. The summed E-state index contributed by atoms with van der Waals surface area (Å²) in [6.45, 7) is 5.06. The van der Waals surface area contributed by atoms with Gasteiger partial charge in [0.15, 0.2) is 5.78 Å². The first-order valence-electron chi connectivity index (χ1n) is 7.04. The Kier molecular flexibility index (Phi) is 4.66. The lowest BCUT2D eigenvalue weighted by Crippen LogP contribution is -2.37. The summed E-state index contributed by atoms with van der Waals surface area (Å²) in [6.07, 6.45) is 0. The summed E-state index contributed by atoms with van der Waals surface area (Å²) < 4.78 is 27.3. The van der Waals surface area contributed by atoms with Gasteiger partial charge >= 0.3 is 0 Å². The molecule has 0 heterocycles. The maximum absolute atomic E-state index is 13.0. The lowest BCUT2D eigenvalue weighted by molar-refractivity contribution is 0.101. The molecule has 22 heavy (non-hydrogen) atoms. The zero-order valence-electron chi connectivity index (χ0n) is 12.9. The van der Waals surface area contributed by atoms with E-state index >= 15 is 0 Å². The number of ketones is 1. The first-order chi connectivity index (χ1) is 10.3. The van der Waals surface area contributed by atoms with Crippen LogP contribution in [-0.4, -0.2) is 20.2 Å². The number of Topliss-reactive ketones (excluding diaryl/α,β-unsaturated/α-hetero) is 1. The highest BCUT2D eigenvalue weighted by atomic mass is 32.2. The van der Waals surface area contributed by atoms with E-state index in [1.54, 1.807) is 36.4 Å². The molecule has 2 aromatic rings. The Hall–Kier alpha value is -2.14. The molecule has 0 aromatic heterocycles. The van der Waals surface area contributed by atoms with Gasteiger partial charge < -0.3 is 0 Å². The first-order valence-corrected chi connectivity index (χ1v) is 8.48. The van der Waals surface area contributed by atoms with Crippen LogP contribution in [-0.2, 0) is 10.0 Å². The summed E-state index contributed by atoms with van der Waals surface area (Å²) >= 11 is 0. The van der Waals surface area contributed by atoms with Crippen LogP contribution in [0.5, 0.6) is 0 Å². The van der Waals surface area contributed by atoms with E-state index in [4.69, 9.17) is 0 Å². The quantitative estimate of drug-likeness (QED) is 0.793. The summed E-state index contributed by atoms with van der Waals surface area (Å²) in [4.78, 5) is 11.6. The molecule has 2 rings (SSSR count). The van der Waals surface area contributed by atoms with Crippen molar-refractivity contribution in [3.8, 4) is 0 Å². The number of hydrogen-bond acceptors (Lipinski definition) is 3. The minimum absolute atomic E-state index is 0.123. The van der Waals surface area contributed by atoms with Crippen molar-refractivity contribution >= 4 is 21.5 Å². The van der Waals surface area contributed by atoms with E-state index in [1.807, 2.05) is 19.9 Å². The molecule has 0 unspecified atom stereocenters. The number of carbonyl (C=O) groups is 1. The van der Waals surface area contributed by atoms with Gasteiger partial charge in [-0.25, -0.2) is 8.42 Å². The monoisotopic (exact) mass is 317 g/mol. The topological polar surface area (TPSA) is 54.5 Å². The van der Waals surface area contributed by atoms with Crippen LogP contribution in [0.2, 0.25) is 0 Å². The molecule has 5 heteroatoms. The van der Waals surface area contributed by atoms with Gasteiger partial charge in [-0.05, 0) is 45.0 Å². The van der Waals surface area contributed by atoms with Crippen LogP contribution in [0.15, 0.2) is 59.5 Å². The van der Waals surface area contributed by atoms with Gasteiger partial charge in [-0.15, -0.1) is 0 Å². The molecule has 0 aliphatic carbocycles. The van der Waals surface area contributed by atoms with Crippen molar-refractivity contribution in [1.29, 1.82) is 0 Å². The lowest BCUT2D eigenvalue weighted by atomic mass is 10.2. The Labute approximate surface area is 131 Å². The van der Waals surface area contributed by atoms with E-state index in [2.05, 4.69) is 0 Å². The molecule has 0 bridgehead atoms. The average Bonchev–Trinajstić information content (AvgIpc) is 2.48. The molecule has 0 N–H and O–H groups in total. The van der Waals surface area contributed by atoms with Crippen LogP contribution in [0.3, 0.4) is 0 Å². The Morgan fingerprint density at radius 1 is 1.00 bits per heavy atom. The van der Waals surface area contributed by atoms with Crippen molar-refractivity contribution in [2.75, 3.05) is 4.31 Å². The third-order valence-corrected chi connectivity index (χ3v) is 5.28. The van der Waals surface area contributed by atoms with Crippen molar-refractivity contribution in [2.24, 2.45) is 0 Å². The molecule has 116 valence electrons. The highest BCUT2D eigenvalue weighted by molar-refractivity contribution is 7.92. The van der Waals surface area contributed by atoms with Gasteiger partial charge in [0.05, 0.1) is 10.6 Å². The first kappa shape index (κ1) is 16.2. The number of carbonyl (C=O) groups excluding carboxylic acids is 1. The van der Waals surface area contributed by atoms with Crippen LogP contribution in [0.25, 0.3) is 0 Å². The molecule has 2 aromatic carbocycles. The molecule has 0 saturated carbocycles. The van der Waals surface area contributed by atoms with Crippen molar-refractivity contribution in [3.05, 3.63) is 60.2 Å². The molecule has 0 aliphatic heterocycles. The van der Waals surface area contributed by atoms with Crippen LogP contribution in [0.4, 0.5) is 5.69 Å². The van der Waals surface area contributed by atoms with Gasteiger partial charge in [0, 0.05) is 11.6 Å². The largest absolute Gasteiger partial charge is 0.295 e. The fraction of sp³-hybridized carbons (Fsp3) is 0.235. The highest BCUT2D eigenvalue weighted by Gasteiger charge is 2.27. The van der Waals surface area contributed by atoms with Crippen molar-refractivity contribution in [2.45, 2.75) is 31.7 Å². The molecular weight excluding hydrogens is 298 g/mol. The van der Waals surface area contributed by atoms with E-state index < -0.39 is 10.0 Å². The van der Waals surface area contributed by atoms with Crippen molar-refractivity contribution < 1.29 is 13.2 Å². The second kappa shape index (κ2) is 6.32. The molecule has 0 fully saturated rings. The van der Waals surface area contributed by atoms with E-state index in [0.717, 1.165) is 0 Å². The summed E-state index contributed by atoms with van der Waals surface area (Å²) in [5, 5.41) is 0. The minimum atomic E-state index is -3.73. The van der Waals surface area contributed by atoms with Gasteiger partial charge in [0.25, 0.3) is 10.0 Å². The zero-order valence-corrected chi connectivity index (χ0v) is 13.7. The van der Waals surface area contributed by atoms with Gasteiger partial charge in [0.1, 0.15) is 0 Å². The SMILES string of the molecule is CC(=O)c1cccc(S(=O)(=O)N(c2ccccc2)C(C)C)c1. The van der Waals surface area contributed by atoms with E-state index in [-0.39, 0.29) is 16.7 Å². The number of rotatable bonds is 5. The Morgan fingerprint density at radius 3 is 2.18 bits per heavy atom. The van der Waals surface area contributed by atoms with Crippen LogP contribution in [0, 0.1) is 0 Å². The Morgan fingerprint density at radius 2 is 1.64 bits per heavy atom. The second-order valence-electron chi connectivity index (χ2n) is 5.31. The normalized spacial score (nSPS) is 11.5. The van der Waals surface area contributed by atoms with E-state index in [0.29, 0.717) is 11.3 Å².